The quantitative estimate of drug-likeness (QED) is 0.774. The number of hydrogen-bond donors (Lipinski definition) is 1. The highest BCUT2D eigenvalue weighted by Crippen LogP contribution is 2.27. The standard InChI is InChI=1S/C14H11FN2O3/c1-17-12-4-8(2-3-13(12)20-14(17)19)9-5-16-6-11(15)10(9)7-18/h2-6,18H,7H2,1H3. The zero-order valence-electron chi connectivity index (χ0n) is 10.6. The van der Waals surface area contributed by atoms with Crippen LogP contribution in [0.4, 0.5) is 4.39 Å². The van der Waals surface area contributed by atoms with Gasteiger partial charge >= 0.3 is 5.76 Å². The van der Waals surface area contributed by atoms with Crippen LogP contribution in [0.2, 0.25) is 0 Å². The van der Waals surface area contributed by atoms with Gasteiger partial charge in [-0.15, -0.1) is 0 Å². The second-order valence-electron chi connectivity index (χ2n) is 4.42. The van der Waals surface area contributed by atoms with Crippen molar-refractivity contribution in [2.45, 2.75) is 6.61 Å². The van der Waals surface area contributed by atoms with Gasteiger partial charge in [-0.2, -0.15) is 0 Å². The zero-order valence-corrected chi connectivity index (χ0v) is 10.6. The average Bonchev–Trinajstić information content (AvgIpc) is 2.73. The molecule has 20 heavy (non-hydrogen) atoms. The molecule has 0 unspecified atom stereocenters. The fraction of sp³-hybridized carbons (Fsp3) is 0.143. The Morgan fingerprint density at radius 1 is 1.40 bits per heavy atom. The van der Waals surface area contributed by atoms with Crippen LogP contribution in [0.3, 0.4) is 0 Å². The highest BCUT2D eigenvalue weighted by molar-refractivity contribution is 5.81. The highest BCUT2D eigenvalue weighted by atomic mass is 19.1. The maximum absolute atomic E-state index is 13.6. The Hall–Kier alpha value is -2.47. The van der Waals surface area contributed by atoms with E-state index in [2.05, 4.69) is 4.98 Å². The van der Waals surface area contributed by atoms with Crippen molar-refractivity contribution in [3.8, 4) is 11.1 Å². The smallest absolute Gasteiger partial charge is 0.408 e. The summed E-state index contributed by atoms with van der Waals surface area (Å²) >= 11 is 0. The van der Waals surface area contributed by atoms with Gasteiger partial charge in [-0.25, -0.2) is 9.18 Å². The van der Waals surface area contributed by atoms with Gasteiger partial charge in [0.15, 0.2) is 5.58 Å². The fourth-order valence-corrected chi connectivity index (χ4v) is 2.17. The van der Waals surface area contributed by atoms with Gasteiger partial charge in [-0.3, -0.25) is 9.55 Å². The molecular formula is C14H11FN2O3. The van der Waals surface area contributed by atoms with Gasteiger partial charge in [-0.05, 0) is 17.7 Å². The molecule has 0 spiro atoms. The summed E-state index contributed by atoms with van der Waals surface area (Å²) in [5.74, 6) is -1.02. The second kappa shape index (κ2) is 4.57. The monoisotopic (exact) mass is 274 g/mol. The van der Waals surface area contributed by atoms with E-state index >= 15 is 0 Å². The molecule has 0 fully saturated rings. The Bertz CT molecular complexity index is 851. The van der Waals surface area contributed by atoms with E-state index in [-0.39, 0.29) is 5.56 Å². The Kier molecular flexibility index (Phi) is 2.87. The van der Waals surface area contributed by atoms with Crippen molar-refractivity contribution in [3.05, 3.63) is 52.5 Å². The lowest BCUT2D eigenvalue weighted by Crippen LogP contribution is -2.08. The molecule has 2 aromatic heterocycles. The van der Waals surface area contributed by atoms with Gasteiger partial charge in [0, 0.05) is 24.4 Å². The van der Waals surface area contributed by atoms with Crippen LogP contribution in [0, 0.1) is 5.82 Å². The van der Waals surface area contributed by atoms with Crippen LogP contribution in [0.15, 0.2) is 39.8 Å². The third-order valence-corrected chi connectivity index (χ3v) is 3.27. The summed E-state index contributed by atoms with van der Waals surface area (Å²) in [6.07, 6.45) is 2.54. The third kappa shape index (κ3) is 1.81. The van der Waals surface area contributed by atoms with Gasteiger partial charge in [0.05, 0.1) is 18.3 Å². The van der Waals surface area contributed by atoms with E-state index in [1.54, 1.807) is 25.2 Å². The lowest BCUT2D eigenvalue weighted by molar-refractivity contribution is 0.276. The minimum Gasteiger partial charge on any atom is -0.408 e. The molecule has 3 rings (SSSR count). The molecule has 1 N–H and O–H groups in total. The number of aromatic nitrogens is 2. The van der Waals surface area contributed by atoms with Crippen molar-refractivity contribution in [2.24, 2.45) is 7.05 Å². The van der Waals surface area contributed by atoms with E-state index in [1.165, 1.54) is 10.8 Å². The molecule has 1 aromatic carbocycles. The Labute approximate surface area is 112 Å². The normalized spacial score (nSPS) is 11.2. The minimum absolute atomic E-state index is 0.174. The highest BCUT2D eigenvalue weighted by Gasteiger charge is 2.13. The molecule has 0 saturated heterocycles. The first-order chi connectivity index (χ1) is 9.61. The van der Waals surface area contributed by atoms with Crippen molar-refractivity contribution in [2.75, 3.05) is 0 Å². The van der Waals surface area contributed by atoms with Crippen molar-refractivity contribution in [3.63, 3.8) is 0 Å². The molecule has 6 heteroatoms. The Morgan fingerprint density at radius 3 is 2.95 bits per heavy atom. The second-order valence-corrected chi connectivity index (χ2v) is 4.42. The molecule has 0 saturated carbocycles. The average molecular weight is 274 g/mol. The van der Waals surface area contributed by atoms with Crippen molar-refractivity contribution in [1.82, 2.24) is 9.55 Å². The van der Waals surface area contributed by atoms with Crippen LogP contribution in [-0.4, -0.2) is 14.7 Å². The first-order valence-corrected chi connectivity index (χ1v) is 5.95. The Morgan fingerprint density at radius 2 is 2.20 bits per heavy atom. The Balaban J connectivity index is 2.27. The van der Waals surface area contributed by atoms with Gasteiger partial charge in [0.25, 0.3) is 0 Å². The molecule has 0 aliphatic heterocycles. The van der Waals surface area contributed by atoms with Gasteiger partial charge < -0.3 is 9.52 Å². The number of rotatable bonds is 2. The van der Waals surface area contributed by atoms with E-state index in [1.807, 2.05) is 0 Å². The first-order valence-electron chi connectivity index (χ1n) is 5.95. The fourth-order valence-electron chi connectivity index (χ4n) is 2.17. The van der Waals surface area contributed by atoms with Crippen LogP contribution in [-0.2, 0) is 13.7 Å². The molecule has 5 nitrogen and oxygen atoms in total. The lowest BCUT2D eigenvalue weighted by atomic mass is 10.0. The van der Waals surface area contributed by atoms with E-state index in [4.69, 9.17) is 4.42 Å². The van der Waals surface area contributed by atoms with Gasteiger partial charge in [0.2, 0.25) is 0 Å². The summed E-state index contributed by atoms with van der Waals surface area (Å²) in [7, 11) is 1.59. The largest absolute Gasteiger partial charge is 0.419 e. The van der Waals surface area contributed by atoms with E-state index in [9.17, 15) is 14.3 Å². The molecule has 0 radical (unpaired) electrons. The number of halogens is 1. The van der Waals surface area contributed by atoms with Crippen molar-refractivity contribution < 1.29 is 13.9 Å². The predicted octanol–water partition coefficient (Wildman–Crippen LogP) is 1.82. The lowest BCUT2D eigenvalue weighted by Gasteiger charge is -2.08. The maximum atomic E-state index is 13.6. The third-order valence-electron chi connectivity index (χ3n) is 3.27. The molecular weight excluding hydrogens is 263 g/mol. The number of nitrogens with zero attached hydrogens (tertiary/aromatic N) is 2. The maximum Gasteiger partial charge on any atom is 0.419 e. The predicted molar refractivity (Wildman–Crippen MR) is 70.6 cm³/mol. The van der Waals surface area contributed by atoms with E-state index < -0.39 is 18.2 Å². The number of aryl methyl sites for hydroxylation is 1. The zero-order chi connectivity index (χ0) is 14.3. The molecule has 102 valence electrons. The molecule has 3 aromatic rings. The number of aliphatic hydroxyl groups is 1. The molecule has 0 aliphatic carbocycles. The molecule has 0 amide bonds. The number of fused-ring (bicyclic) bond motifs is 1. The van der Waals surface area contributed by atoms with Crippen molar-refractivity contribution >= 4 is 11.1 Å². The molecule has 0 aliphatic rings. The van der Waals surface area contributed by atoms with Gasteiger partial charge in [0.1, 0.15) is 5.82 Å². The topological polar surface area (TPSA) is 68.3 Å². The van der Waals surface area contributed by atoms with E-state index in [0.29, 0.717) is 22.2 Å². The van der Waals surface area contributed by atoms with Crippen LogP contribution in [0.5, 0.6) is 0 Å². The molecule has 0 atom stereocenters. The van der Waals surface area contributed by atoms with E-state index in [0.717, 1.165) is 6.20 Å². The molecule has 2 heterocycles. The number of benzene rings is 1. The summed E-state index contributed by atoms with van der Waals surface area (Å²) in [6, 6.07) is 5.04. The van der Waals surface area contributed by atoms with Gasteiger partial charge in [-0.1, -0.05) is 6.07 Å². The summed E-state index contributed by atoms with van der Waals surface area (Å²) in [4.78, 5) is 15.2. The van der Waals surface area contributed by atoms with Crippen LogP contribution < -0.4 is 5.76 Å². The SMILES string of the molecule is Cn1c(=O)oc2ccc(-c3cncc(F)c3CO)cc21. The summed E-state index contributed by atoms with van der Waals surface area (Å²) in [6.45, 7) is -0.425. The number of oxazole rings is 1. The summed E-state index contributed by atoms with van der Waals surface area (Å²) in [5.41, 5.74) is 2.37. The van der Waals surface area contributed by atoms with Crippen LogP contribution in [0.1, 0.15) is 5.56 Å². The van der Waals surface area contributed by atoms with Crippen LogP contribution in [0.25, 0.3) is 22.2 Å². The number of hydrogen-bond acceptors (Lipinski definition) is 4. The molecule has 0 bridgehead atoms. The number of pyridine rings is 1. The van der Waals surface area contributed by atoms with Crippen molar-refractivity contribution in [1.29, 1.82) is 0 Å². The number of aliphatic hydroxyl groups excluding tert-OH is 1. The summed E-state index contributed by atoms with van der Waals surface area (Å²) in [5, 5.41) is 9.29. The first kappa shape index (κ1) is 12.6. The van der Waals surface area contributed by atoms with Crippen LogP contribution >= 0.6 is 0 Å². The minimum atomic E-state index is -0.564. The summed E-state index contributed by atoms with van der Waals surface area (Å²) < 4.78 is 20.0.